The van der Waals surface area contributed by atoms with Crippen molar-refractivity contribution in [3.8, 4) is 0 Å². The molecule has 21 heavy (non-hydrogen) atoms. The Kier molecular flexibility index (Phi) is 7.45. The van der Waals surface area contributed by atoms with Gasteiger partial charge >= 0.3 is 0 Å². The number of hydrogen-bond donors (Lipinski definition) is 1. The van der Waals surface area contributed by atoms with E-state index in [2.05, 4.69) is 65.1 Å². The molecule has 0 saturated carbocycles. The first-order valence-electron chi connectivity index (χ1n) is 8.69. The molecule has 1 aromatic rings. The largest absolute Gasteiger partial charge is 0.316 e. The molecule has 0 aliphatic rings. The zero-order valence-corrected chi connectivity index (χ0v) is 15.1. The molecule has 0 spiro atoms. The molecule has 1 rings (SSSR count). The van der Waals surface area contributed by atoms with Crippen LogP contribution in [0.25, 0.3) is 0 Å². The van der Waals surface area contributed by atoms with Gasteiger partial charge in [0.2, 0.25) is 0 Å². The summed E-state index contributed by atoms with van der Waals surface area (Å²) < 4.78 is 0. The fourth-order valence-electron chi connectivity index (χ4n) is 2.78. The molecule has 0 aromatic heterocycles. The van der Waals surface area contributed by atoms with E-state index in [1.54, 1.807) is 0 Å². The van der Waals surface area contributed by atoms with Gasteiger partial charge in [0.15, 0.2) is 0 Å². The molecule has 0 unspecified atom stereocenters. The van der Waals surface area contributed by atoms with E-state index in [0.717, 1.165) is 31.8 Å². The molecule has 1 heteroatoms. The lowest BCUT2D eigenvalue weighted by Gasteiger charge is -2.26. The van der Waals surface area contributed by atoms with Gasteiger partial charge in [0.1, 0.15) is 0 Å². The minimum Gasteiger partial charge on any atom is -0.316 e. The second-order valence-electron chi connectivity index (χ2n) is 7.50. The molecule has 1 nitrogen and oxygen atoms in total. The fourth-order valence-corrected chi connectivity index (χ4v) is 2.78. The smallest absolute Gasteiger partial charge is 0.000274 e. The Morgan fingerprint density at radius 2 is 1.71 bits per heavy atom. The van der Waals surface area contributed by atoms with Crippen LogP contribution >= 0.6 is 0 Å². The van der Waals surface area contributed by atoms with Crippen molar-refractivity contribution in [3.05, 3.63) is 34.9 Å². The summed E-state index contributed by atoms with van der Waals surface area (Å²) in [5.41, 5.74) is 4.91. The highest BCUT2D eigenvalue weighted by molar-refractivity contribution is 5.32. The van der Waals surface area contributed by atoms with Gasteiger partial charge in [-0.3, -0.25) is 0 Å². The van der Waals surface area contributed by atoms with Crippen LogP contribution in [-0.2, 0) is 19.3 Å². The van der Waals surface area contributed by atoms with Gasteiger partial charge in [-0.15, -0.1) is 0 Å². The highest BCUT2D eigenvalue weighted by Gasteiger charge is 2.17. The molecular formula is C20H35N. The molecule has 0 bridgehead atoms. The Labute approximate surface area is 132 Å². The molecular weight excluding hydrogens is 254 g/mol. The molecule has 0 saturated heterocycles. The quantitative estimate of drug-likeness (QED) is 0.673. The van der Waals surface area contributed by atoms with Crippen molar-refractivity contribution in [3.63, 3.8) is 0 Å². The number of hydrogen-bond acceptors (Lipinski definition) is 1. The molecule has 0 aliphatic heterocycles. The van der Waals surface area contributed by atoms with E-state index in [9.17, 15) is 0 Å². The molecule has 0 radical (unpaired) electrons. The first-order chi connectivity index (χ1) is 9.88. The second kappa shape index (κ2) is 8.58. The summed E-state index contributed by atoms with van der Waals surface area (Å²) in [6, 6.07) is 7.09. The topological polar surface area (TPSA) is 12.0 Å². The monoisotopic (exact) mass is 289 g/mol. The van der Waals surface area contributed by atoms with Crippen LogP contribution in [0.15, 0.2) is 18.2 Å². The van der Waals surface area contributed by atoms with Crippen LogP contribution in [0.4, 0.5) is 0 Å². The van der Waals surface area contributed by atoms with Gasteiger partial charge in [-0.05, 0) is 60.3 Å². The van der Waals surface area contributed by atoms with Gasteiger partial charge in [0.05, 0.1) is 0 Å². The highest BCUT2D eigenvalue weighted by Crippen LogP contribution is 2.23. The maximum atomic E-state index is 3.60. The zero-order chi connectivity index (χ0) is 15.9. The van der Waals surface area contributed by atoms with Gasteiger partial charge in [0.25, 0.3) is 0 Å². The standard InChI is InChI=1S/C20H35N/c1-7-18-10-9-17(13-19(18)8-2)11-12-20(5,6)15-21-14-16(3)4/h9-10,13,16,21H,7-8,11-12,14-15H2,1-6H3. The predicted octanol–water partition coefficient (Wildman–Crippen LogP) is 5.02. The minimum atomic E-state index is 0.366. The Morgan fingerprint density at radius 1 is 1.05 bits per heavy atom. The van der Waals surface area contributed by atoms with Crippen molar-refractivity contribution in [1.82, 2.24) is 5.32 Å². The third kappa shape index (κ3) is 6.65. The Hall–Kier alpha value is -0.820. The predicted molar refractivity (Wildman–Crippen MR) is 95.0 cm³/mol. The van der Waals surface area contributed by atoms with Crippen LogP contribution in [0, 0.1) is 11.3 Å². The highest BCUT2D eigenvalue weighted by atomic mass is 14.9. The van der Waals surface area contributed by atoms with Crippen LogP contribution in [-0.4, -0.2) is 13.1 Å². The van der Waals surface area contributed by atoms with E-state index in [-0.39, 0.29) is 0 Å². The molecule has 1 N–H and O–H groups in total. The maximum Gasteiger partial charge on any atom is 0.000274 e. The number of nitrogens with one attached hydrogen (secondary N) is 1. The number of aryl methyl sites for hydroxylation is 3. The van der Waals surface area contributed by atoms with Crippen molar-refractivity contribution in [2.24, 2.45) is 11.3 Å². The van der Waals surface area contributed by atoms with Crippen LogP contribution in [0.1, 0.15) is 64.7 Å². The minimum absolute atomic E-state index is 0.366. The Bertz CT molecular complexity index is 418. The van der Waals surface area contributed by atoms with Crippen molar-refractivity contribution in [1.29, 1.82) is 0 Å². The van der Waals surface area contributed by atoms with E-state index < -0.39 is 0 Å². The average molecular weight is 290 g/mol. The summed E-state index contributed by atoms with van der Waals surface area (Å²) in [6.45, 7) is 16.0. The molecule has 0 atom stereocenters. The molecule has 120 valence electrons. The molecule has 1 aromatic carbocycles. The van der Waals surface area contributed by atoms with E-state index in [4.69, 9.17) is 0 Å². The Balaban J connectivity index is 2.53. The van der Waals surface area contributed by atoms with Crippen molar-refractivity contribution in [2.45, 2.75) is 67.2 Å². The zero-order valence-electron chi connectivity index (χ0n) is 15.1. The van der Waals surface area contributed by atoms with Crippen molar-refractivity contribution < 1.29 is 0 Å². The molecule has 0 amide bonds. The van der Waals surface area contributed by atoms with E-state index in [1.807, 2.05) is 0 Å². The van der Waals surface area contributed by atoms with Crippen LogP contribution in [0.2, 0.25) is 0 Å². The Morgan fingerprint density at radius 3 is 2.29 bits per heavy atom. The SMILES string of the molecule is CCc1ccc(CCC(C)(C)CNCC(C)C)cc1CC. The normalized spacial score (nSPS) is 12.1. The summed E-state index contributed by atoms with van der Waals surface area (Å²) in [5.74, 6) is 0.731. The average Bonchev–Trinajstić information content (AvgIpc) is 2.44. The third-order valence-corrected chi connectivity index (χ3v) is 4.28. The first-order valence-corrected chi connectivity index (χ1v) is 8.69. The molecule has 0 aliphatic carbocycles. The van der Waals surface area contributed by atoms with Gasteiger partial charge in [-0.1, -0.05) is 59.7 Å². The van der Waals surface area contributed by atoms with E-state index in [0.29, 0.717) is 5.41 Å². The lowest BCUT2D eigenvalue weighted by atomic mass is 9.85. The van der Waals surface area contributed by atoms with Crippen LogP contribution < -0.4 is 5.32 Å². The number of benzene rings is 1. The fraction of sp³-hybridized carbons (Fsp3) is 0.700. The number of rotatable bonds is 9. The summed E-state index contributed by atoms with van der Waals surface area (Å²) >= 11 is 0. The lowest BCUT2D eigenvalue weighted by molar-refractivity contribution is 0.308. The van der Waals surface area contributed by atoms with E-state index >= 15 is 0 Å². The summed E-state index contributed by atoms with van der Waals surface area (Å²) in [5, 5.41) is 3.60. The summed E-state index contributed by atoms with van der Waals surface area (Å²) in [4.78, 5) is 0. The summed E-state index contributed by atoms with van der Waals surface area (Å²) in [6.07, 6.45) is 4.73. The van der Waals surface area contributed by atoms with E-state index in [1.165, 1.54) is 29.5 Å². The molecule has 0 heterocycles. The van der Waals surface area contributed by atoms with Gasteiger partial charge in [0, 0.05) is 6.54 Å². The van der Waals surface area contributed by atoms with Crippen LogP contribution in [0.3, 0.4) is 0 Å². The molecule has 0 fully saturated rings. The first kappa shape index (κ1) is 18.2. The van der Waals surface area contributed by atoms with Crippen molar-refractivity contribution in [2.75, 3.05) is 13.1 Å². The van der Waals surface area contributed by atoms with Gasteiger partial charge < -0.3 is 5.32 Å². The van der Waals surface area contributed by atoms with Gasteiger partial charge in [-0.25, -0.2) is 0 Å². The lowest BCUT2D eigenvalue weighted by Crippen LogP contribution is -2.32. The van der Waals surface area contributed by atoms with Crippen LogP contribution in [0.5, 0.6) is 0 Å². The summed E-state index contributed by atoms with van der Waals surface area (Å²) in [7, 11) is 0. The van der Waals surface area contributed by atoms with Crippen molar-refractivity contribution >= 4 is 0 Å². The second-order valence-corrected chi connectivity index (χ2v) is 7.50. The van der Waals surface area contributed by atoms with Gasteiger partial charge in [-0.2, -0.15) is 0 Å². The third-order valence-electron chi connectivity index (χ3n) is 4.28. The maximum absolute atomic E-state index is 3.60.